The highest BCUT2D eigenvalue weighted by molar-refractivity contribution is 6.33. The summed E-state index contributed by atoms with van der Waals surface area (Å²) in [5.74, 6) is -0.356. The van der Waals surface area contributed by atoms with Crippen molar-refractivity contribution in [3.63, 3.8) is 0 Å². The Hall–Kier alpha value is -2.64. The summed E-state index contributed by atoms with van der Waals surface area (Å²) in [7, 11) is 0. The Morgan fingerprint density at radius 2 is 1.84 bits per heavy atom. The van der Waals surface area contributed by atoms with Gasteiger partial charge in [0.2, 0.25) is 0 Å². The van der Waals surface area contributed by atoms with Gasteiger partial charge in [0.15, 0.2) is 0 Å². The number of halogens is 1. The van der Waals surface area contributed by atoms with Crippen LogP contribution in [0, 0.1) is 10.1 Å². The number of rotatable bonds is 4. The fourth-order valence-electron chi connectivity index (χ4n) is 2.58. The molecule has 0 aromatic heterocycles. The second kappa shape index (κ2) is 7.50. The maximum Gasteiger partial charge on any atom is 0.269 e. The van der Waals surface area contributed by atoms with Crippen molar-refractivity contribution >= 4 is 34.6 Å². The Labute approximate surface area is 149 Å². The third kappa shape index (κ3) is 4.07. The van der Waals surface area contributed by atoms with E-state index in [4.69, 9.17) is 16.3 Å². The van der Waals surface area contributed by atoms with Gasteiger partial charge < -0.3 is 15.0 Å². The van der Waals surface area contributed by atoms with Crippen LogP contribution in [0.4, 0.5) is 17.1 Å². The number of nitro groups is 1. The van der Waals surface area contributed by atoms with E-state index >= 15 is 0 Å². The molecule has 3 rings (SSSR count). The maximum absolute atomic E-state index is 12.2. The molecular formula is C17H16ClN3O4. The SMILES string of the molecule is O=C(Nc1ccc(N2CCOCC2)c(Cl)c1)c1ccc([N+](=O)[O-])cc1. The third-order valence-electron chi connectivity index (χ3n) is 3.90. The maximum atomic E-state index is 12.2. The average molecular weight is 362 g/mol. The van der Waals surface area contributed by atoms with E-state index in [0.29, 0.717) is 29.5 Å². The highest BCUT2D eigenvalue weighted by atomic mass is 35.5. The Kier molecular flexibility index (Phi) is 5.16. The fraction of sp³-hybridized carbons (Fsp3) is 0.235. The molecule has 1 aliphatic heterocycles. The van der Waals surface area contributed by atoms with Crippen molar-refractivity contribution in [1.82, 2.24) is 0 Å². The number of ether oxygens (including phenoxy) is 1. The second-order valence-corrected chi connectivity index (χ2v) is 5.93. The molecule has 7 nitrogen and oxygen atoms in total. The van der Waals surface area contributed by atoms with Gasteiger partial charge in [0.1, 0.15) is 0 Å². The molecule has 1 fully saturated rings. The molecule has 1 aliphatic rings. The smallest absolute Gasteiger partial charge is 0.269 e. The van der Waals surface area contributed by atoms with Gasteiger partial charge in [-0.1, -0.05) is 11.6 Å². The van der Waals surface area contributed by atoms with Gasteiger partial charge in [-0.15, -0.1) is 0 Å². The third-order valence-corrected chi connectivity index (χ3v) is 4.20. The lowest BCUT2D eigenvalue weighted by molar-refractivity contribution is -0.384. The van der Waals surface area contributed by atoms with Crippen molar-refractivity contribution in [2.24, 2.45) is 0 Å². The molecule has 0 atom stereocenters. The van der Waals surface area contributed by atoms with Crippen molar-refractivity contribution in [2.75, 3.05) is 36.5 Å². The minimum Gasteiger partial charge on any atom is -0.378 e. The number of hydrogen-bond acceptors (Lipinski definition) is 5. The molecule has 0 radical (unpaired) electrons. The quantitative estimate of drug-likeness (QED) is 0.667. The van der Waals surface area contributed by atoms with Crippen molar-refractivity contribution in [2.45, 2.75) is 0 Å². The molecule has 0 saturated carbocycles. The number of benzene rings is 2. The zero-order valence-electron chi connectivity index (χ0n) is 13.3. The van der Waals surface area contributed by atoms with Crippen LogP contribution in [-0.2, 0) is 4.74 Å². The fourth-order valence-corrected chi connectivity index (χ4v) is 2.88. The van der Waals surface area contributed by atoms with E-state index in [9.17, 15) is 14.9 Å². The van der Waals surface area contributed by atoms with E-state index in [0.717, 1.165) is 18.8 Å². The van der Waals surface area contributed by atoms with Crippen LogP contribution >= 0.6 is 11.6 Å². The summed E-state index contributed by atoms with van der Waals surface area (Å²) < 4.78 is 5.33. The highest BCUT2D eigenvalue weighted by Gasteiger charge is 2.15. The van der Waals surface area contributed by atoms with Crippen LogP contribution in [-0.4, -0.2) is 37.1 Å². The molecule has 1 saturated heterocycles. The molecule has 0 unspecified atom stereocenters. The molecule has 130 valence electrons. The predicted octanol–water partition coefficient (Wildman–Crippen LogP) is 3.34. The number of morpholine rings is 1. The number of amides is 1. The van der Waals surface area contributed by atoms with Gasteiger partial charge in [-0.25, -0.2) is 0 Å². The molecule has 2 aromatic carbocycles. The number of nitro benzene ring substituents is 1. The van der Waals surface area contributed by atoms with Gasteiger partial charge in [-0.05, 0) is 30.3 Å². The number of carbonyl (C=O) groups excluding carboxylic acids is 1. The molecule has 0 aliphatic carbocycles. The van der Waals surface area contributed by atoms with Crippen LogP contribution in [0.15, 0.2) is 42.5 Å². The molecule has 1 heterocycles. The summed E-state index contributed by atoms with van der Waals surface area (Å²) in [6, 6.07) is 10.7. The summed E-state index contributed by atoms with van der Waals surface area (Å²) in [5.41, 5.74) is 1.73. The van der Waals surface area contributed by atoms with E-state index < -0.39 is 4.92 Å². The number of nitrogens with one attached hydrogen (secondary N) is 1. The normalized spacial score (nSPS) is 14.2. The van der Waals surface area contributed by atoms with Gasteiger partial charge in [-0.2, -0.15) is 0 Å². The summed E-state index contributed by atoms with van der Waals surface area (Å²) in [6.07, 6.45) is 0. The van der Waals surface area contributed by atoms with Crippen LogP contribution in [0.1, 0.15) is 10.4 Å². The molecule has 25 heavy (non-hydrogen) atoms. The first-order valence-corrected chi connectivity index (χ1v) is 8.10. The number of non-ortho nitro benzene ring substituents is 1. The van der Waals surface area contributed by atoms with Gasteiger partial charge in [-0.3, -0.25) is 14.9 Å². The van der Waals surface area contributed by atoms with Gasteiger partial charge in [0.25, 0.3) is 11.6 Å². The van der Waals surface area contributed by atoms with Crippen LogP contribution in [0.25, 0.3) is 0 Å². The van der Waals surface area contributed by atoms with Crippen molar-refractivity contribution in [1.29, 1.82) is 0 Å². The van der Waals surface area contributed by atoms with Crippen LogP contribution < -0.4 is 10.2 Å². The Bertz CT molecular complexity index is 789. The molecular weight excluding hydrogens is 346 g/mol. The Morgan fingerprint density at radius 1 is 1.16 bits per heavy atom. The first-order valence-electron chi connectivity index (χ1n) is 7.72. The molecule has 8 heteroatoms. The number of nitrogens with zero attached hydrogens (tertiary/aromatic N) is 2. The van der Waals surface area contributed by atoms with Crippen molar-refractivity contribution < 1.29 is 14.5 Å². The molecule has 1 N–H and O–H groups in total. The van der Waals surface area contributed by atoms with Crippen LogP contribution in [0.3, 0.4) is 0 Å². The molecule has 2 aromatic rings. The first-order chi connectivity index (χ1) is 12.0. The monoisotopic (exact) mass is 361 g/mol. The van der Waals surface area contributed by atoms with E-state index in [2.05, 4.69) is 10.2 Å². The van der Waals surface area contributed by atoms with E-state index in [1.165, 1.54) is 24.3 Å². The minimum absolute atomic E-state index is 0.0607. The molecule has 0 spiro atoms. The summed E-state index contributed by atoms with van der Waals surface area (Å²) in [6.45, 7) is 2.87. The van der Waals surface area contributed by atoms with Gasteiger partial charge in [0.05, 0.1) is 28.8 Å². The topological polar surface area (TPSA) is 84.7 Å². The average Bonchev–Trinajstić information content (AvgIpc) is 2.62. The number of anilines is 2. The van der Waals surface area contributed by atoms with Crippen molar-refractivity contribution in [3.05, 3.63) is 63.2 Å². The predicted molar refractivity (Wildman–Crippen MR) is 95.5 cm³/mol. The van der Waals surface area contributed by atoms with E-state index in [1.807, 2.05) is 6.07 Å². The van der Waals surface area contributed by atoms with E-state index in [-0.39, 0.29) is 11.6 Å². The second-order valence-electron chi connectivity index (χ2n) is 5.52. The summed E-state index contributed by atoms with van der Waals surface area (Å²) in [5, 5.41) is 13.9. The Morgan fingerprint density at radius 3 is 2.44 bits per heavy atom. The summed E-state index contributed by atoms with van der Waals surface area (Å²) >= 11 is 6.34. The standard InChI is InChI=1S/C17H16ClN3O4/c18-15-11-13(3-6-16(15)20-7-9-25-10-8-20)19-17(22)12-1-4-14(5-2-12)21(23)24/h1-6,11H,7-10H2,(H,19,22). The van der Waals surface area contributed by atoms with Gasteiger partial charge >= 0.3 is 0 Å². The molecule has 0 bridgehead atoms. The number of carbonyl (C=O) groups is 1. The zero-order chi connectivity index (χ0) is 17.8. The van der Waals surface area contributed by atoms with Crippen molar-refractivity contribution in [3.8, 4) is 0 Å². The lowest BCUT2D eigenvalue weighted by atomic mass is 10.2. The zero-order valence-corrected chi connectivity index (χ0v) is 14.0. The first kappa shape index (κ1) is 17.2. The molecule has 1 amide bonds. The Balaban J connectivity index is 1.70. The lowest BCUT2D eigenvalue weighted by Gasteiger charge is -2.29. The lowest BCUT2D eigenvalue weighted by Crippen LogP contribution is -2.36. The largest absolute Gasteiger partial charge is 0.378 e. The van der Waals surface area contributed by atoms with Crippen LogP contribution in [0.5, 0.6) is 0 Å². The summed E-state index contributed by atoms with van der Waals surface area (Å²) in [4.78, 5) is 24.5. The van der Waals surface area contributed by atoms with E-state index in [1.54, 1.807) is 12.1 Å². The minimum atomic E-state index is -0.508. The number of hydrogen-bond donors (Lipinski definition) is 1. The highest BCUT2D eigenvalue weighted by Crippen LogP contribution is 2.29. The van der Waals surface area contributed by atoms with Gasteiger partial charge in [0, 0.05) is 36.5 Å². The van der Waals surface area contributed by atoms with Crippen LogP contribution in [0.2, 0.25) is 5.02 Å².